The second-order valence-electron chi connectivity index (χ2n) is 4.97. The highest BCUT2D eigenvalue weighted by molar-refractivity contribution is 5.68. The number of rotatable bonds is 1. The smallest absolute Gasteiger partial charge is 0.414 e. The minimum Gasteiger partial charge on any atom is -0.415 e. The zero-order chi connectivity index (χ0) is 11.7. The molecule has 0 radical (unpaired) electrons. The van der Waals surface area contributed by atoms with Gasteiger partial charge in [0.15, 0.2) is 0 Å². The molecule has 0 bridgehead atoms. The predicted molar refractivity (Wildman–Crippen MR) is 62.0 cm³/mol. The van der Waals surface area contributed by atoms with Crippen LogP contribution in [0.1, 0.15) is 19.3 Å². The molecule has 16 heavy (non-hydrogen) atoms. The van der Waals surface area contributed by atoms with Crippen molar-refractivity contribution in [1.82, 2.24) is 9.80 Å². The van der Waals surface area contributed by atoms with Gasteiger partial charge in [0.1, 0.15) is 5.76 Å². The maximum Gasteiger partial charge on any atom is 0.414 e. The maximum atomic E-state index is 11.4. The van der Waals surface area contributed by atoms with E-state index in [-0.39, 0.29) is 6.09 Å². The molecule has 1 saturated heterocycles. The van der Waals surface area contributed by atoms with Crippen LogP contribution < -0.4 is 0 Å². The van der Waals surface area contributed by atoms with Gasteiger partial charge in [-0.3, -0.25) is 0 Å². The lowest BCUT2D eigenvalue weighted by atomic mass is 9.89. The van der Waals surface area contributed by atoms with E-state index in [0.717, 1.165) is 31.1 Å². The molecule has 0 N–H and O–H groups in total. The van der Waals surface area contributed by atoms with Crippen molar-refractivity contribution >= 4 is 6.09 Å². The van der Waals surface area contributed by atoms with Crippen LogP contribution in [-0.4, -0.2) is 49.6 Å². The van der Waals surface area contributed by atoms with Crippen molar-refractivity contribution in [2.45, 2.75) is 25.3 Å². The lowest BCUT2D eigenvalue weighted by Gasteiger charge is -2.29. The third-order valence-corrected chi connectivity index (χ3v) is 3.61. The van der Waals surface area contributed by atoms with Crippen molar-refractivity contribution in [3.8, 4) is 0 Å². The largest absolute Gasteiger partial charge is 0.415 e. The summed E-state index contributed by atoms with van der Waals surface area (Å²) in [7, 11) is 5.56. The monoisotopic (exact) mass is 224 g/mol. The first kappa shape index (κ1) is 11.5. The molecule has 1 aliphatic carbocycles. The Morgan fingerprint density at radius 2 is 2.31 bits per heavy atom. The molecule has 4 nitrogen and oxygen atoms in total. The van der Waals surface area contributed by atoms with Gasteiger partial charge in [-0.2, -0.15) is 0 Å². The first-order chi connectivity index (χ1) is 7.58. The van der Waals surface area contributed by atoms with E-state index in [4.69, 9.17) is 4.74 Å². The first-order valence-electron chi connectivity index (χ1n) is 5.86. The summed E-state index contributed by atoms with van der Waals surface area (Å²) in [5.74, 6) is 1.60. The summed E-state index contributed by atoms with van der Waals surface area (Å²) in [5.41, 5.74) is 0. The molecule has 4 heteroatoms. The van der Waals surface area contributed by atoms with E-state index in [2.05, 4.69) is 18.0 Å². The molecule has 2 aliphatic rings. The van der Waals surface area contributed by atoms with Crippen molar-refractivity contribution in [2.24, 2.45) is 5.92 Å². The fraction of sp³-hybridized carbons (Fsp3) is 0.750. The summed E-state index contributed by atoms with van der Waals surface area (Å²) in [4.78, 5) is 15.3. The van der Waals surface area contributed by atoms with Crippen molar-refractivity contribution < 1.29 is 9.53 Å². The van der Waals surface area contributed by atoms with Crippen molar-refractivity contribution in [3.63, 3.8) is 0 Å². The van der Waals surface area contributed by atoms with Crippen molar-refractivity contribution in [1.29, 1.82) is 0 Å². The molecule has 0 spiro atoms. The summed E-state index contributed by atoms with van der Waals surface area (Å²) in [6, 6.07) is 0.565. The lowest BCUT2D eigenvalue weighted by molar-refractivity contribution is 0.132. The number of hydrogen-bond donors (Lipinski definition) is 0. The van der Waals surface area contributed by atoms with Gasteiger partial charge in [-0.05, 0) is 38.4 Å². The van der Waals surface area contributed by atoms with E-state index in [9.17, 15) is 4.79 Å². The Morgan fingerprint density at radius 3 is 3.00 bits per heavy atom. The molecule has 2 atom stereocenters. The Labute approximate surface area is 96.8 Å². The topological polar surface area (TPSA) is 32.8 Å². The van der Waals surface area contributed by atoms with E-state index in [1.807, 2.05) is 0 Å². The third kappa shape index (κ3) is 2.21. The van der Waals surface area contributed by atoms with Crippen LogP contribution in [-0.2, 0) is 4.74 Å². The summed E-state index contributed by atoms with van der Waals surface area (Å²) in [6.45, 7) is 1.16. The van der Waals surface area contributed by atoms with Crippen molar-refractivity contribution in [2.75, 3.05) is 27.7 Å². The van der Waals surface area contributed by atoms with E-state index in [0.29, 0.717) is 6.04 Å². The molecule has 1 heterocycles. The molecule has 1 amide bonds. The zero-order valence-corrected chi connectivity index (χ0v) is 10.3. The number of fused-ring (bicyclic) bond motifs is 1. The highest BCUT2D eigenvalue weighted by Crippen LogP contribution is 2.35. The van der Waals surface area contributed by atoms with Gasteiger partial charge in [-0.25, -0.2) is 4.79 Å². The highest BCUT2D eigenvalue weighted by atomic mass is 16.6. The Bertz CT molecular complexity index is 312. The zero-order valence-electron chi connectivity index (χ0n) is 10.3. The van der Waals surface area contributed by atoms with Gasteiger partial charge in [-0.1, -0.05) is 0 Å². The molecule has 90 valence electrons. The molecule has 0 aromatic heterocycles. The average molecular weight is 224 g/mol. The number of carbonyl (C=O) groups excluding carboxylic acids is 1. The van der Waals surface area contributed by atoms with Gasteiger partial charge in [0.25, 0.3) is 0 Å². The van der Waals surface area contributed by atoms with Gasteiger partial charge in [0, 0.05) is 26.6 Å². The molecule has 2 unspecified atom stereocenters. The second-order valence-corrected chi connectivity index (χ2v) is 4.97. The number of carbonyl (C=O) groups is 1. The second kappa shape index (κ2) is 4.45. The predicted octanol–water partition coefficient (Wildman–Crippen LogP) is 1.68. The van der Waals surface area contributed by atoms with Gasteiger partial charge in [0.05, 0.1) is 0 Å². The van der Waals surface area contributed by atoms with E-state index in [1.54, 1.807) is 14.1 Å². The van der Waals surface area contributed by atoms with Crippen LogP contribution in [0.2, 0.25) is 0 Å². The first-order valence-corrected chi connectivity index (χ1v) is 5.86. The standard InChI is InChI=1S/C12H20N2O2/c1-13(2)12(15)16-10-5-4-9-6-7-14(3)11(9)8-10/h5,9,11H,4,6-8H2,1-3H3. The number of nitrogens with zero attached hydrogens (tertiary/aromatic N) is 2. The molecule has 1 fully saturated rings. The molecule has 0 aromatic carbocycles. The highest BCUT2D eigenvalue weighted by Gasteiger charge is 2.35. The van der Waals surface area contributed by atoms with Gasteiger partial charge >= 0.3 is 6.09 Å². The summed E-state index contributed by atoms with van der Waals surface area (Å²) in [6.07, 6.45) is 5.01. The fourth-order valence-electron chi connectivity index (χ4n) is 2.54. The van der Waals surface area contributed by atoms with Crippen LogP contribution >= 0.6 is 0 Å². The quantitative estimate of drug-likeness (QED) is 0.679. The third-order valence-electron chi connectivity index (χ3n) is 3.61. The molecule has 1 aliphatic heterocycles. The minimum atomic E-state index is -0.273. The minimum absolute atomic E-state index is 0.273. The summed E-state index contributed by atoms with van der Waals surface area (Å²) >= 11 is 0. The van der Waals surface area contributed by atoms with Crippen molar-refractivity contribution in [3.05, 3.63) is 11.8 Å². The van der Waals surface area contributed by atoms with Crippen LogP contribution in [0, 0.1) is 5.92 Å². The van der Waals surface area contributed by atoms with Gasteiger partial charge in [0.2, 0.25) is 0 Å². The molecular formula is C12H20N2O2. The summed E-state index contributed by atoms with van der Waals surface area (Å²) < 4.78 is 5.33. The number of allylic oxidation sites excluding steroid dienone is 1. The van der Waals surface area contributed by atoms with Crippen LogP contribution in [0.4, 0.5) is 4.79 Å². The SMILES string of the molecule is CN(C)C(=O)OC1=CCC2CCN(C)C2C1. The molecule has 0 aromatic rings. The maximum absolute atomic E-state index is 11.4. The van der Waals surface area contributed by atoms with E-state index < -0.39 is 0 Å². The molecule has 2 rings (SSSR count). The number of hydrogen-bond acceptors (Lipinski definition) is 3. The fourth-order valence-corrected chi connectivity index (χ4v) is 2.54. The Hall–Kier alpha value is -1.03. The Kier molecular flexibility index (Phi) is 3.19. The van der Waals surface area contributed by atoms with Gasteiger partial charge < -0.3 is 14.5 Å². The Balaban J connectivity index is 1.96. The Morgan fingerprint density at radius 1 is 1.56 bits per heavy atom. The summed E-state index contributed by atoms with van der Waals surface area (Å²) in [5, 5.41) is 0. The van der Waals surface area contributed by atoms with Crippen LogP contribution in [0.15, 0.2) is 11.8 Å². The number of likely N-dealkylation sites (tertiary alicyclic amines) is 1. The normalized spacial score (nSPS) is 29.6. The lowest BCUT2D eigenvalue weighted by Crippen LogP contribution is -2.33. The average Bonchev–Trinajstić information content (AvgIpc) is 2.60. The molecular weight excluding hydrogens is 204 g/mol. The number of amides is 1. The molecule has 0 saturated carbocycles. The van der Waals surface area contributed by atoms with E-state index in [1.165, 1.54) is 11.3 Å². The van der Waals surface area contributed by atoms with Crippen LogP contribution in [0.5, 0.6) is 0 Å². The van der Waals surface area contributed by atoms with Crippen LogP contribution in [0.3, 0.4) is 0 Å². The van der Waals surface area contributed by atoms with Crippen LogP contribution in [0.25, 0.3) is 0 Å². The number of ether oxygens (including phenoxy) is 1. The van der Waals surface area contributed by atoms with E-state index >= 15 is 0 Å². The van der Waals surface area contributed by atoms with Gasteiger partial charge in [-0.15, -0.1) is 0 Å².